The van der Waals surface area contributed by atoms with Gasteiger partial charge in [-0.15, -0.1) is 0 Å². The number of morpholine rings is 1. The minimum absolute atomic E-state index is 0.847. The molecule has 0 atom stereocenters. The van der Waals surface area contributed by atoms with Crippen molar-refractivity contribution < 1.29 is 4.74 Å². The van der Waals surface area contributed by atoms with Crippen LogP contribution in [0.4, 0.5) is 0 Å². The third kappa shape index (κ3) is 3.16. The van der Waals surface area contributed by atoms with E-state index in [1.807, 2.05) is 0 Å². The summed E-state index contributed by atoms with van der Waals surface area (Å²) in [6, 6.07) is 10.6. The third-order valence-electron chi connectivity index (χ3n) is 2.56. The normalized spacial score (nSPS) is 16.4. The standard InChI is InChI=1S/C12H15NOSe/c15-12(13-6-8-14-9-7-13)10-11-4-2-1-3-5-11/h1-5H,6-10H2. The summed E-state index contributed by atoms with van der Waals surface area (Å²) in [5.41, 5.74) is 1.36. The molecule has 80 valence electrons. The van der Waals surface area contributed by atoms with Crippen molar-refractivity contribution in [2.75, 3.05) is 26.3 Å². The Bertz CT molecular complexity index is 320. The fraction of sp³-hybridized carbons (Fsp3) is 0.417. The summed E-state index contributed by atoms with van der Waals surface area (Å²) in [6.45, 7) is 3.71. The van der Waals surface area contributed by atoms with Gasteiger partial charge in [0.2, 0.25) is 0 Å². The first-order valence-electron chi connectivity index (χ1n) is 5.26. The van der Waals surface area contributed by atoms with Crippen LogP contribution in [0.1, 0.15) is 5.56 Å². The van der Waals surface area contributed by atoms with Crippen LogP contribution in [0, 0.1) is 0 Å². The fourth-order valence-corrected chi connectivity index (χ4v) is 2.43. The van der Waals surface area contributed by atoms with Crippen molar-refractivity contribution in [3.63, 3.8) is 0 Å². The van der Waals surface area contributed by atoms with Crippen LogP contribution in [0.3, 0.4) is 0 Å². The van der Waals surface area contributed by atoms with E-state index < -0.39 is 0 Å². The Labute approximate surface area is 98.6 Å². The summed E-state index contributed by atoms with van der Waals surface area (Å²) in [4.78, 5) is 2.37. The number of hydrogen-bond donors (Lipinski definition) is 0. The van der Waals surface area contributed by atoms with Crippen molar-refractivity contribution in [2.45, 2.75) is 6.42 Å². The molecule has 1 heterocycles. The average molecular weight is 268 g/mol. The summed E-state index contributed by atoms with van der Waals surface area (Å²) >= 11 is 3.18. The van der Waals surface area contributed by atoms with Gasteiger partial charge in [-0.25, -0.2) is 0 Å². The van der Waals surface area contributed by atoms with Crippen molar-refractivity contribution >= 4 is 20.1 Å². The zero-order chi connectivity index (χ0) is 10.5. The molecule has 15 heavy (non-hydrogen) atoms. The molecule has 0 unspecified atom stereocenters. The zero-order valence-electron chi connectivity index (χ0n) is 8.69. The maximum absolute atomic E-state index is 5.33. The van der Waals surface area contributed by atoms with E-state index in [1.165, 1.54) is 10.1 Å². The Morgan fingerprint density at radius 3 is 2.53 bits per heavy atom. The first kappa shape index (κ1) is 10.9. The van der Waals surface area contributed by atoms with Gasteiger partial charge in [-0.2, -0.15) is 0 Å². The molecule has 1 aromatic carbocycles. The molecule has 0 amide bonds. The van der Waals surface area contributed by atoms with E-state index in [1.54, 1.807) is 0 Å². The second kappa shape index (κ2) is 5.45. The predicted octanol–water partition coefficient (Wildman–Crippen LogP) is 0.860. The van der Waals surface area contributed by atoms with Gasteiger partial charge in [-0.3, -0.25) is 0 Å². The van der Waals surface area contributed by atoms with Crippen molar-refractivity contribution in [2.24, 2.45) is 0 Å². The van der Waals surface area contributed by atoms with Crippen molar-refractivity contribution in [1.82, 2.24) is 4.90 Å². The molecular weight excluding hydrogens is 253 g/mol. The van der Waals surface area contributed by atoms with Gasteiger partial charge in [0.25, 0.3) is 0 Å². The van der Waals surface area contributed by atoms with Crippen LogP contribution >= 0.6 is 0 Å². The monoisotopic (exact) mass is 269 g/mol. The Balaban J connectivity index is 1.91. The third-order valence-corrected chi connectivity index (χ3v) is 3.41. The van der Waals surface area contributed by atoms with Crippen LogP contribution in [-0.4, -0.2) is 51.3 Å². The van der Waals surface area contributed by atoms with Gasteiger partial charge in [-0.05, 0) is 0 Å². The zero-order valence-corrected chi connectivity index (χ0v) is 10.4. The van der Waals surface area contributed by atoms with Gasteiger partial charge < -0.3 is 0 Å². The molecular formula is C12H15NOSe. The molecule has 0 saturated carbocycles. The number of benzene rings is 1. The van der Waals surface area contributed by atoms with E-state index in [0.29, 0.717) is 0 Å². The SMILES string of the molecule is [Se]=C(Cc1ccccc1)N1CCOCC1. The molecule has 0 bridgehead atoms. The van der Waals surface area contributed by atoms with Crippen LogP contribution in [-0.2, 0) is 11.2 Å². The van der Waals surface area contributed by atoms with Crippen molar-refractivity contribution in [1.29, 1.82) is 0 Å². The molecule has 0 aromatic heterocycles. The van der Waals surface area contributed by atoms with Gasteiger partial charge in [-0.1, -0.05) is 0 Å². The van der Waals surface area contributed by atoms with Gasteiger partial charge in [0.15, 0.2) is 0 Å². The Kier molecular flexibility index (Phi) is 3.95. The molecule has 2 nitrogen and oxygen atoms in total. The molecule has 1 fully saturated rings. The minimum atomic E-state index is 0.847. The number of rotatable bonds is 3. The van der Waals surface area contributed by atoms with Crippen molar-refractivity contribution in [3.8, 4) is 0 Å². The summed E-state index contributed by atoms with van der Waals surface area (Å²) < 4.78 is 6.65. The molecule has 0 aliphatic carbocycles. The van der Waals surface area contributed by atoms with E-state index in [2.05, 4.69) is 50.8 Å². The molecule has 0 radical (unpaired) electrons. The van der Waals surface area contributed by atoms with Gasteiger partial charge in [0, 0.05) is 0 Å². The summed E-state index contributed by atoms with van der Waals surface area (Å²) in [5, 5.41) is 0. The van der Waals surface area contributed by atoms with Crippen LogP contribution in [0.2, 0.25) is 0 Å². The van der Waals surface area contributed by atoms with Crippen LogP contribution in [0.25, 0.3) is 0 Å². The van der Waals surface area contributed by atoms with E-state index in [-0.39, 0.29) is 0 Å². The number of hydrogen-bond acceptors (Lipinski definition) is 2. The predicted molar refractivity (Wildman–Crippen MR) is 63.3 cm³/mol. The van der Waals surface area contributed by atoms with E-state index >= 15 is 0 Å². The Morgan fingerprint density at radius 1 is 1.20 bits per heavy atom. The van der Waals surface area contributed by atoms with E-state index in [4.69, 9.17) is 4.74 Å². The number of nitrogens with zero attached hydrogens (tertiary/aromatic N) is 1. The molecule has 1 aliphatic heterocycles. The Morgan fingerprint density at radius 2 is 1.87 bits per heavy atom. The summed E-state index contributed by atoms with van der Waals surface area (Å²) in [7, 11) is 0. The summed E-state index contributed by atoms with van der Waals surface area (Å²) in [6.07, 6.45) is 1.00. The molecule has 1 saturated heterocycles. The second-order valence-corrected chi connectivity index (χ2v) is 4.64. The molecule has 0 spiro atoms. The van der Waals surface area contributed by atoms with Crippen LogP contribution in [0.15, 0.2) is 30.3 Å². The second-order valence-electron chi connectivity index (χ2n) is 3.66. The molecule has 0 N–H and O–H groups in total. The average Bonchev–Trinajstić information content (AvgIpc) is 2.31. The van der Waals surface area contributed by atoms with Gasteiger partial charge in [0.1, 0.15) is 0 Å². The fourth-order valence-electron chi connectivity index (χ4n) is 1.70. The number of ether oxygens (including phenoxy) is 1. The topological polar surface area (TPSA) is 12.5 Å². The maximum atomic E-state index is 5.33. The van der Waals surface area contributed by atoms with Crippen LogP contribution < -0.4 is 0 Å². The molecule has 3 heteroatoms. The summed E-state index contributed by atoms with van der Waals surface area (Å²) in [5.74, 6) is 0. The molecule has 1 aromatic rings. The van der Waals surface area contributed by atoms with E-state index in [0.717, 1.165) is 32.7 Å². The van der Waals surface area contributed by atoms with Crippen LogP contribution in [0.5, 0.6) is 0 Å². The first-order valence-corrected chi connectivity index (χ1v) is 6.11. The molecule has 2 rings (SSSR count). The quantitative estimate of drug-likeness (QED) is 0.754. The van der Waals surface area contributed by atoms with Gasteiger partial charge in [0.05, 0.1) is 0 Å². The van der Waals surface area contributed by atoms with Gasteiger partial charge >= 0.3 is 98.4 Å². The van der Waals surface area contributed by atoms with E-state index in [9.17, 15) is 0 Å². The first-order chi connectivity index (χ1) is 7.36. The van der Waals surface area contributed by atoms with Crippen molar-refractivity contribution in [3.05, 3.63) is 35.9 Å². The molecule has 1 aliphatic rings. The Hall–Kier alpha value is -0.631.